The highest BCUT2D eigenvalue weighted by molar-refractivity contribution is 7.13. The Morgan fingerprint density at radius 1 is 1.16 bits per heavy atom. The summed E-state index contributed by atoms with van der Waals surface area (Å²) in [4.78, 5) is 47.0. The van der Waals surface area contributed by atoms with Gasteiger partial charge in [0, 0.05) is 32.3 Å². The van der Waals surface area contributed by atoms with Gasteiger partial charge in [0.05, 0.1) is 28.2 Å². The molecule has 1 aromatic carbocycles. The fraction of sp³-hybridized carbons (Fsp3) is 0.548. The number of allylic oxidation sites excluding steroid dienone is 1. The van der Waals surface area contributed by atoms with Crippen LogP contribution in [0, 0.1) is 18.8 Å². The predicted molar refractivity (Wildman–Crippen MR) is 164 cm³/mol. The van der Waals surface area contributed by atoms with E-state index in [0.29, 0.717) is 13.2 Å². The first-order chi connectivity index (χ1) is 20.5. The molecule has 1 aromatic heterocycles. The lowest BCUT2D eigenvalue weighted by molar-refractivity contribution is -0.160. The van der Waals surface area contributed by atoms with Crippen LogP contribution in [-0.4, -0.2) is 77.4 Å². The molecule has 0 spiro atoms. The van der Waals surface area contributed by atoms with Crippen molar-refractivity contribution in [2.75, 3.05) is 26.4 Å². The standard InChI is InChI=1S/C31H44N4O7S/c1-7-40-27(41-8-2)16-42-26(32)14-25(37)28(18(3)4)31(39)35-15-23(36)13-24(35)30(38)34-19(5)21-9-11-22(12-10-21)29-20(6)33-17-43-29/h9-12,14,17-19,23-24,27-28,36H,7-8,13,15-16,32H2,1-6H3,(H,34,38)/t19-,23+,24-,28?/m0/s1. The number of aromatic nitrogens is 1. The molecule has 11 nitrogen and oxygen atoms in total. The minimum absolute atomic E-state index is 0.0239. The van der Waals surface area contributed by atoms with Crippen LogP contribution in [0.3, 0.4) is 0 Å². The summed E-state index contributed by atoms with van der Waals surface area (Å²) in [5, 5.41) is 13.4. The minimum atomic E-state index is -1.11. The third-order valence-corrected chi connectivity index (χ3v) is 8.23. The van der Waals surface area contributed by atoms with Crippen LogP contribution in [0.5, 0.6) is 0 Å². The fourth-order valence-corrected chi connectivity index (χ4v) is 5.88. The Hall–Kier alpha value is -3.32. The van der Waals surface area contributed by atoms with Gasteiger partial charge in [-0.1, -0.05) is 38.1 Å². The number of hydrogen-bond donors (Lipinski definition) is 3. The predicted octanol–water partition coefficient (Wildman–Crippen LogP) is 3.31. The maximum atomic E-state index is 13.7. The minimum Gasteiger partial charge on any atom is -0.474 e. The normalized spacial score (nSPS) is 18.6. The van der Waals surface area contributed by atoms with Gasteiger partial charge in [0.1, 0.15) is 18.6 Å². The average Bonchev–Trinajstić information content (AvgIpc) is 3.57. The molecule has 4 atom stereocenters. The van der Waals surface area contributed by atoms with E-state index in [1.807, 2.05) is 57.5 Å². The van der Waals surface area contributed by atoms with E-state index >= 15 is 0 Å². The number of hydrogen-bond acceptors (Lipinski definition) is 10. The van der Waals surface area contributed by atoms with Crippen LogP contribution < -0.4 is 11.1 Å². The van der Waals surface area contributed by atoms with Crippen LogP contribution in [0.4, 0.5) is 0 Å². The molecule has 12 heteroatoms. The van der Waals surface area contributed by atoms with E-state index in [1.165, 1.54) is 4.90 Å². The zero-order chi connectivity index (χ0) is 31.7. The Kier molecular flexibility index (Phi) is 12.7. The summed E-state index contributed by atoms with van der Waals surface area (Å²) < 4.78 is 16.3. The summed E-state index contributed by atoms with van der Waals surface area (Å²) in [5.41, 5.74) is 10.6. The van der Waals surface area contributed by atoms with E-state index < -0.39 is 47.9 Å². The number of nitrogens with two attached hydrogens (primary N) is 1. The van der Waals surface area contributed by atoms with Crippen molar-refractivity contribution in [3.8, 4) is 10.4 Å². The Balaban J connectivity index is 1.68. The highest BCUT2D eigenvalue weighted by atomic mass is 32.1. The van der Waals surface area contributed by atoms with E-state index in [9.17, 15) is 19.5 Å². The molecule has 1 fully saturated rings. The van der Waals surface area contributed by atoms with Crippen molar-refractivity contribution in [1.29, 1.82) is 0 Å². The Labute approximate surface area is 257 Å². The Morgan fingerprint density at radius 2 is 1.81 bits per heavy atom. The molecule has 1 aliphatic heterocycles. The molecular formula is C31H44N4O7S. The van der Waals surface area contributed by atoms with Crippen molar-refractivity contribution < 1.29 is 33.7 Å². The number of ketones is 1. The van der Waals surface area contributed by atoms with Crippen LogP contribution >= 0.6 is 11.3 Å². The molecule has 0 radical (unpaired) electrons. The number of thiazole rings is 1. The number of nitrogens with one attached hydrogen (secondary N) is 1. The van der Waals surface area contributed by atoms with Gasteiger partial charge < -0.3 is 35.3 Å². The maximum absolute atomic E-state index is 13.7. The number of amides is 2. The van der Waals surface area contributed by atoms with Crippen molar-refractivity contribution >= 4 is 28.9 Å². The molecule has 0 aliphatic carbocycles. The van der Waals surface area contributed by atoms with Crippen LogP contribution in [0.15, 0.2) is 41.7 Å². The molecule has 4 N–H and O–H groups in total. The number of likely N-dealkylation sites (tertiary alicyclic amines) is 1. The molecule has 43 heavy (non-hydrogen) atoms. The van der Waals surface area contributed by atoms with Crippen LogP contribution in [0.25, 0.3) is 10.4 Å². The SMILES string of the molecule is CCOC(COC(N)=CC(=O)C(C(=O)N1C[C@H](O)C[C@H]1C(=O)N[C@@H](C)c1ccc(-c2scnc2C)cc1)C(C)C)OCC. The number of aryl methyl sites for hydroxylation is 1. The van der Waals surface area contributed by atoms with E-state index in [-0.39, 0.29) is 31.5 Å². The number of nitrogens with zero attached hydrogens (tertiary/aromatic N) is 2. The van der Waals surface area contributed by atoms with Gasteiger partial charge >= 0.3 is 0 Å². The number of rotatable bonds is 15. The van der Waals surface area contributed by atoms with E-state index in [2.05, 4.69) is 10.3 Å². The summed E-state index contributed by atoms with van der Waals surface area (Å²) in [7, 11) is 0. The molecule has 1 aliphatic rings. The van der Waals surface area contributed by atoms with Crippen LogP contribution in [-0.2, 0) is 28.6 Å². The van der Waals surface area contributed by atoms with E-state index in [1.54, 1.807) is 25.2 Å². The molecular weight excluding hydrogens is 572 g/mol. The van der Waals surface area contributed by atoms with Gasteiger partial charge in [-0.15, -0.1) is 11.3 Å². The average molecular weight is 617 g/mol. The smallest absolute Gasteiger partial charge is 0.243 e. The highest BCUT2D eigenvalue weighted by Gasteiger charge is 2.43. The maximum Gasteiger partial charge on any atom is 0.243 e. The molecule has 0 saturated carbocycles. The third kappa shape index (κ3) is 9.09. The lowest BCUT2D eigenvalue weighted by Gasteiger charge is -2.29. The Bertz CT molecular complexity index is 1260. The lowest BCUT2D eigenvalue weighted by Crippen LogP contribution is -2.50. The molecule has 236 valence electrons. The number of aliphatic hydroxyl groups excluding tert-OH is 1. The van der Waals surface area contributed by atoms with Crippen molar-refractivity contribution in [2.45, 2.75) is 72.4 Å². The topological polar surface area (TPSA) is 153 Å². The molecule has 3 rings (SSSR count). The second-order valence-electron chi connectivity index (χ2n) is 10.8. The second-order valence-corrected chi connectivity index (χ2v) is 11.7. The second kappa shape index (κ2) is 15.9. The monoisotopic (exact) mass is 616 g/mol. The summed E-state index contributed by atoms with van der Waals surface area (Å²) in [5.74, 6) is -3.17. The van der Waals surface area contributed by atoms with Gasteiger partial charge in [0.25, 0.3) is 0 Å². The quantitative estimate of drug-likeness (QED) is 0.118. The van der Waals surface area contributed by atoms with Gasteiger partial charge in [-0.2, -0.15) is 0 Å². The number of carbonyl (C=O) groups excluding carboxylic acids is 3. The van der Waals surface area contributed by atoms with Crippen molar-refractivity contribution in [2.24, 2.45) is 17.6 Å². The zero-order valence-corrected chi connectivity index (χ0v) is 26.6. The summed E-state index contributed by atoms with van der Waals surface area (Å²) in [6, 6.07) is 6.60. The first kappa shape index (κ1) is 34.2. The number of aliphatic hydroxyl groups is 1. The molecule has 2 heterocycles. The van der Waals surface area contributed by atoms with Crippen molar-refractivity contribution in [3.05, 3.63) is 53.0 Å². The highest BCUT2D eigenvalue weighted by Crippen LogP contribution is 2.29. The number of carbonyl (C=O) groups is 3. The van der Waals surface area contributed by atoms with Crippen molar-refractivity contribution in [1.82, 2.24) is 15.2 Å². The molecule has 2 amide bonds. The number of β-amino-alcohol motifs (C(OH)–C–C–N with tert-alkyl or cyclic N) is 1. The van der Waals surface area contributed by atoms with Gasteiger partial charge in [-0.3, -0.25) is 14.4 Å². The summed E-state index contributed by atoms with van der Waals surface area (Å²) >= 11 is 1.57. The van der Waals surface area contributed by atoms with E-state index in [4.69, 9.17) is 19.9 Å². The zero-order valence-electron chi connectivity index (χ0n) is 25.7. The molecule has 1 saturated heterocycles. The molecule has 0 bridgehead atoms. The van der Waals surface area contributed by atoms with Gasteiger partial charge in [-0.25, -0.2) is 4.98 Å². The van der Waals surface area contributed by atoms with E-state index in [0.717, 1.165) is 27.8 Å². The summed E-state index contributed by atoms with van der Waals surface area (Å²) in [6.45, 7) is 11.7. The summed E-state index contributed by atoms with van der Waals surface area (Å²) in [6.07, 6.45) is -0.381. The first-order valence-electron chi connectivity index (χ1n) is 14.6. The number of ether oxygens (including phenoxy) is 3. The fourth-order valence-electron chi connectivity index (χ4n) is 5.07. The Morgan fingerprint density at radius 3 is 2.37 bits per heavy atom. The van der Waals surface area contributed by atoms with Gasteiger partial charge in [0.15, 0.2) is 18.0 Å². The third-order valence-electron chi connectivity index (χ3n) is 7.26. The molecule has 2 aromatic rings. The largest absolute Gasteiger partial charge is 0.474 e. The first-order valence-corrected chi connectivity index (χ1v) is 15.5. The van der Waals surface area contributed by atoms with Gasteiger partial charge in [-0.05, 0) is 44.7 Å². The van der Waals surface area contributed by atoms with Gasteiger partial charge in [0.2, 0.25) is 11.8 Å². The number of benzene rings is 1. The molecule has 1 unspecified atom stereocenters. The van der Waals surface area contributed by atoms with Crippen LogP contribution in [0.2, 0.25) is 0 Å². The van der Waals surface area contributed by atoms with Crippen LogP contribution in [0.1, 0.15) is 58.3 Å². The lowest BCUT2D eigenvalue weighted by atomic mass is 9.89. The van der Waals surface area contributed by atoms with Crippen molar-refractivity contribution in [3.63, 3.8) is 0 Å².